The van der Waals surface area contributed by atoms with Crippen LogP contribution in [0, 0.1) is 5.92 Å². The molecule has 1 aromatic rings. The minimum absolute atomic E-state index is 0.00485. The first-order valence-electron chi connectivity index (χ1n) is 6.58. The molecule has 2 heterocycles. The lowest BCUT2D eigenvalue weighted by Gasteiger charge is -2.28. The largest absolute Gasteiger partial charge is 0.348 e. The van der Waals surface area contributed by atoms with Crippen molar-refractivity contribution in [3.05, 3.63) is 18.0 Å². The van der Waals surface area contributed by atoms with Crippen LogP contribution < -0.4 is 10.6 Å². The highest BCUT2D eigenvalue weighted by Gasteiger charge is 2.25. The molecule has 100 valence electrons. The van der Waals surface area contributed by atoms with Crippen molar-refractivity contribution >= 4 is 5.91 Å². The summed E-state index contributed by atoms with van der Waals surface area (Å²) in [4.78, 5) is 12.1. The molecule has 2 rings (SSSR count). The number of piperidine rings is 1. The van der Waals surface area contributed by atoms with E-state index in [1.54, 1.807) is 10.9 Å². The van der Waals surface area contributed by atoms with Crippen molar-refractivity contribution in [3.8, 4) is 0 Å². The first kappa shape index (κ1) is 13.1. The Hall–Kier alpha value is -1.36. The van der Waals surface area contributed by atoms with Crippen molar-refractivity contribution in [3.63, 3.8) is 0 Å². The van der Waals surface area contributed by atoms with Gasteiger partial charge in [0.05, 0.1) is 18.3 Å². The molecule has 1 fully saturated rings. The highest BCUT2D eigenvalue weighted by Crippen LogP contribution is 2.16. The summed E-state index contributed by atoms with van der Waals surface area (Å²) in [6, 6.07) is -0.0434. The fourth-order valence-corrected chi connectivity index (χ4v) is 2.37. The average Bonchev–Trinajstić information content (AvgIpc) is 2.76. The van der Waals surface area contributed by atoms with E-state index in [-0.39, 0.29) is 18.0 Å². The lowest BCUT2D eigenvalue weighted by Crippen LogP contribution is -2.48. The topological polar surface area (TPSA) is 59.0 Å². The zero-order chi connectivity index (χ0) is 13.1. The third-order valence-corrected chi connectivity index (χ3v) is 3.57. The molecular formula is C13H22N4O. The van der Waals surface area contributed by atoms with Crippen molar-refractivity contribution in [1.82, 2.24) is 20.4 Å². The predicted molar refractivity (Wildman–Crippen MR) is 70.0 cm³/mol. The minimum atomic E-state index is -0.0483. The van der Waals surface area contributed by atoms with Crippen LogP contribution in [0.25, 0.3) is 0 Å². The van der Waals surface area contributed by atoms with E-state index >= 15 is 0 Å². The molecule has 1 aliphatic rings. The van der Waals surface area contributed by atoms with Crippen LogP contribution in [0.3, 0.4) is 0 Å². The summed E-state index contributed by atoms with van der Waals surface area (Å²) in [6.07, 6.45) is 5.80. The normalized spacial score (nSPS) is 25.7. The molecule has 0 aromatic carbocycles. The number of carbonyl (C=O) groups is 1. The van der Waals surface area contributed by atoms with Gasteiger partial charge in [-0.2, -0.15) is 5.10 Å². The standard InChI is InChI=1S/C13H22N4O/c1-9-4-5-14-12(6-9)13(18)16-10(2)11-7-15-17(3)8-11/h7-10,12,14H,4-6H2,1-3H3,(H,16,18). The second kappa shape index (κ2) is 5.52. The van der Waals surface area contributed by atoms with Crippen LogP contribution >= 0.6 is 0 Å². The number of carbonyl (C=O) groups excluding carboxylic acids is 1. The average molecular weight is 250 g/mol. The van der Waals surface area contributed by atoms with Crippen molar-refractivity contribution in [2.45, 2.75) is 38.8 Å². The first-order chi connectivity index (χ1) is 8.56. The number of nitrogens with one attached hydrogen (secondary N) is 2. The molecular weight excluding hydrogens is 228 g/mol. The Kier molecular flexibility index (Phi) is 4.01. The van der Waals surface area contributed by atoms with Gasteiger partial charge in [-0.3, -0.25) is 9.48 Å². The molecule has 1 aromatic heterocycles. The van der Waals surface area contributed by atoms with E-state index < -0.39 is 0 Å². The third-order valence-electron chi connectivity index (χ3n) is 3.57. The SMILES string of the molecule is CC1CCNC(C(=O)NC(C)c2cnn(C)c2)C1. The molecule has 2 N–H and O–H groups in total. The summed E-state index contributed by atoms with van der Waals surface area (Å²) in [7, 11) is 1.88. The molecule has 1 saturated heterocycles. The number of hydrogen-bond donors (Lipinski definition) is 2. The van der Waals surface area contributed by atoms with Crippen LogP contribution in [0.15, 0.2) is 12.4 Å². The summed E-state index contributed by atoms with van der Waals surface area (Å²) < 4.78 is 1.75. The molecule has 3 atom stereocenters. The van der Waals surface area contributed by atoms with Gasteiger partial charge < -0.3 is 10.6 Å². The number of aromatic nitrogens is 2. The molecule has 0 spiro atoms. The molecule has 5 heteroatoms. The quantitative estimate of drug-likeness (QED) is 0.841. The maximum Gasteiger partial charge on any atom is 0.237 e. The van der Waals surface area contributed by atoms with E-state index in [1.165, 1.54) is 0 Å². The monoisotopic (exact) mass is 250 g/mol. The maximum atomic E-state index is 12.1. The Bertz CT molecular complexity index is 415. The minimum Gasteiger partial charge on any atom is -0.348 e. The van der Waals surface area contributed by atoms with Gasteiger partial charge in [0, 0.05) is 18.8 Å². The van der Waals surface area contributed by atoms with Crippen molar-refractivity contribution in [2.75, 3.05) is 6.54 Å². The summed E-state index contributed by atoms with van der Waals surface area (Å²) >= 11 is 0. The van der Waals surface area contributed by atoms with Crippen LogP contribution in [0.4, 0.5) is 0 Å². The Morgan fingerprint density at radius 2 is 2.44 bits per heavy atom. The highest BCUT2D eigenvalue weighted by atomic mass is 16.2. The lowest BCUT2D eigenvalue weighted by atomic mass is 9.93. The third kappa shape index (κ3) is 3.10. The van der Waals surface area contributed by atoms with Gasteiger partial charge in [0.15, 0.2) is 0 Å². The van der Waals surface area contributed by atoms with Gasteiger partial charge in [0.1, 0.15) is 0 Å². The highest BCUT2D eigenvalue weighted by molar-refractivity contribution is 5.82. The molecule has 0 radical (unpaired) electrons. The fourth-order valence-electron chi connectivity index (χ4n) is 2.37. The van der Waals surface area contributed by atoms with Gasteiger partial charge in [0.25, 0.3) is 0 Å². The van der Waals surface area contributed by atoms with E-state index in [2.05, 4.69) is 22.7 Å². The Morgan fingerprint density at radius 1 is 1.67 bits per heavy atom. The van der Waals surface area contributed by atoms with Gasteiger partial charge in [-0.15, -0.1) is 0 Å². The maximum absolute atomic E-state index is 12.1. The lowest BCUT2D eigenvalue weighted by molar-refractivity contribution is -0.124. The van der Waals surface area contributed by atoms with Gasteiger partial charge in [-0.25, -0.2) is 0 Å². The van der Waals surface area contributed by atoms with Crippen LogP contribution in [0.5, 0.6) is 0 Å². The van der Waals surface area contributed by atoms with E-state index in [0.29, 0.717) is 5.92 Å². The van der Waals surface area contributed by atoms with Crippen LogP contribution in [0.1, 0.15) is 38.3 Å². The summed E-state index contributed by atoms with van der Waals surface area (Å²) in [5, 5.41) is 10.4. The van der Waals surface area contributed by atoms with Gasteiger partial charge >= 0.3 is 0 Å². The zero-order valence-corrected chi connectivity index (χ0v) is 11.3. The molecule has 0 bridgehead atoms. The smallest absolute Gasteiger partial charge is 0.237 e. The molecule has 1 aliphatic heterocycles. The Balaban J connectivity index is 1.90. The Morgan fingerprint density at radius 3 is 3.06 bits per heavy atom. The number of nitrogens with zero attached hydrogens (tertiary/aromatic N) is 2. The van der Waals surface area contributed by atoms with E-state index in [1.807, 2.05) is 20.2 Å². The zero-order valence-electron chi connectivity index (χ0n) is 11.3. The first-order valence-corrected chi connectivity index (χ1v) is 6.58. The molecule has 0 saturated carbocycles. The molecule has 0 aliphatic carbocycles. The number of hydrogen-bond acceptors (Lipinski definition) is 3. The molecule has 1 amide bonds. The summed E-state index contributed by atoms with van der Waals surface area (Å²) in [6.45, 7) is 5.12. The van der Waals surface area contributed by atoms with E-state index in [4.69, 9.17) is 0 Å². The van der Waals surface area contributed by atoms with E-state index in [0.717, 1.165) is 24.9 Å². The van der Waals surface area contributed by atoms with Crippen LogP contribution in [-0.2, 0) is 11.8 Å². The molecule has 3 unspecified atom stereocenters. The van der Waals surface area contributed by atoms with Gasteiger partial charge in [0.2, 0.25) is 5.91 Å². The fraction of sp³-hybridized carbons (Fsp3) is 0.692. The number of amides is 1. The second-order valence-electron chi connectivity index (χ2n) is 5.31. The van der Waals surface area contributed by atoms with Crippen LogP contribution in [-0.4, -0.2) is 28.3 Å². The van der Waals surface area contributed by atoms with Gasteiger partial charge in [-0.05, 0) is 32.2 Å². The van der Waals surface area contributed by atoms with Crippen molar-refractivity contribution < 1.29 is 4.79 Å². The Labute approximate surface area is 108 Å². The van der Waals surface area contributed by atoms with Crippen LogP contribution in [0.2, 0.25) is 0 Å². The van der Waals surface area contributed by atoms with Crippen molar-refractivity contribution in [2.24, 2.45) is 13.0 Å². The van der Waals surface area contributed by atoms with Gasteiger partial charge in [-0.1, -0.05) is 6.92 Å². The number of aryl methyl sites for hydroxylation is 1. The number of rotatable bonds is 3. The van der Waals surface area contributed by atoms with Crippen molar-refractivity contribution in [1.29, 1.82) is 0 Å². The second-order valence-corrected chi connectivity index (χ2v) is 5.31. The molecule has 18 heavy (non-hydrogen) atoms. The predicted octanol–water partition coefficient (Wildman–Crippen LogP) is 0.985. The molecule has 5 nitrogen and oxygen atoms in total. The summed E-state index contributed by atoms with van der Waals surface area (Å²) in [5.74, 6) is 0.716. The summed E-state index contributed by atoms with van der Waals surface area (Å²) in [5.41, 5.74) is 1.04. The van der Waals surface area contributed by atoms with E-state index in [9.17, 15) is 4.79 Å².